The summed E-state index contributed by atoms with van der Waals surface area (Å²) in [4.78, 5) is 26.6. The fourth-order valence-electron chi connectivity index (χ4n) is 5.72. The molecule has 4 atom stereocenters. The number of anilines is 1. The van der Waals surface area contributed by atoms with Crippen LogP contribution in [0.4, 0.5) is 5.82 Å². The molecule has 1 amide bonds. The number of aliphatic hydroxyl groups is 1. The van der Waals surface area contributed by atoms with Gasteiger partial charge in [0.15, 0.2) is 0 Å². The zero-order valence-electron chi connectivity index (χ0n) is 18.2. The average molecular weight is 475 g/mol. The summed E-state index contributed by atoms with van der Waals surface area (Å²) < 4.78 is 0. The summed E-state index contributed by atoms with van der Waals surface area (Å²) in [6, 6.07) is 5.76. The highest BCUT2D eigenvalue weighted by Crippen LogP contribution is 2.44. The maximum absolute atomic E-state index is 13.5. The van der Waals surface area contributed by atoms with E-state index in [0.717, 1.165) is 55.0 Å². The van der Waals surface area contributed by atoms with Gasteiger partial charge in [0.05, 0.1) is 21.8 Å². The quantitative estimate of drug-likeness (QED) is 0.705. The zero-order chi connectivity index (χ0) is 22.4. The number of aromatic nitrogens is 2. The van der Waals surface area contributed by atoms with Crippen molar-refractivity contribution in [3.63, 3.8) is 0 Å². The van der Waals surface area contributed by atoms with Crippen LogP contribution in [0, 0.1) is 5.92 Å². The van der Waals surface area contributed by atoms with Crippen molar-refractivity contribution in [2.45, 2.75) is 50.5 Å². The van der Waals surface area contributed by atoms with Crippen molar-refractivity contribution in [3.8, 4) is 0 Å². The van der Waals surface area contributed by atoms with E-state index in [9.17, 15) is 9.90 Å². The Bertz CT molecular complexity index is 1030. The monoisotopic (exact) mass is 474 g/mol. The van der Waals surface area contributed by atoms with Gasteiger partial charge in [-0.05, 0) is 48.8 Å². The lowest BCUT2D eigenvalue weighted by molar-refractivity contribution is -0.136. The molecule has 2 heterocycles. The molecule has 2 fully saturated rings. The Balaban J connectivity index is 1.28. The van der Waals surface area contributed by atoms with Gasteiger partial charge >= 0.3 is 0 Å². The normalized spacial score (nSPS) is 27.6. The van der Waals surface area contributed by atoms with E-state index < -0.39 is 6.10 Å². The number of piperazine rings is 1. The molecule has 6 nitrogen and oxygen atoms in total. The number of fused-ring (bicyclic) bond motifs is 1. The van der Waals surface area contributed by atoms with Crippen molar-refractivity contribution < 1.29 is 9.90 Å². The lowest BCUT2D eigenvalue weighted by atomic mass is 9.87. The molecule has 1 saturated carbocycles. The number of aliphatic hydroxyl groups excluding tert-OH is 1. The molecule has 170 valence electrons. The topological polar surface area (TPSA) is 69.6 Å². The third-order valence-corrected chi connectivity index (χ3v) is 8.11. The highest BCUT2D eigenvalue weighted by atomic mass is 35.5. The Kier molecular flexibility index (Phi) is 6.03. The first kappa shape index (κ1) is 21.9. The molecule has 8 heteroatoms. The smallest absolute Gasteiger partial charge is 0.226 e. The van der Waals surface area contributed by atoms with Gasteiger partial charge in [0, 0.05) is 37.7 Å². The van der Waals surface area contributed by atoms with Crippen molar-refractivity contribution in [1.82, 2.24) is 14.9 Å². The summed E-state index contributed by atoms with van der Waals surface area (Å²) in [5.74, 6) is 1.59. The number of nitrogens with zero attached hydrogens (tertiary/aromatic N) is 4. The fraction of sp³-hybridized carbons (Fsp3) is 0.542. The second-order valence-corrected chi connectivity index (χ2v) is 10.1. The summed E-state index contributed by atoms with van der Waals surface area (Å²) in [6.45, 7) is 4.95. The van der Waals surface area contributed by atoms with Crippen LogP contribution >= 0.6 is 23.2 Å². The SMILES string of the molecule is C[C@@H]1C[C@@H](O)c2ncnc(N3CCN(C(=O)[C@@H]4CCCC4c4ccc(Cl)c(Cl)c4)CC3)c21. The van der Waals surface area contributed by atoms with Gasteiger partial charge in [-0.3, -0.25) is 4.79 Å². The average Bonchev–Trinajstić information content (AvgIpc) is 3.40. The molecular formula is C24H28Cl2N4O2. The van der Waals surface area contributed by atoms with Crippen molar-refractivity contribution in [1.29, 1.82) is 0 Å². The van der Waals surface area contributed by atoms with Gasteiger partial charge in [-0.1, -0.05) is 42.6 Å². The highest BCUT2D eigenvalue weighted by Gasteiger charge is 2.38. The van der Waals surface area contributed by atoms with Crippen LogP contribution in [0.3, 0.4) is 0 Å². The van der Waals surface area contributed by atoms with Crippen LogP contribution in [-0.2, 0) is 4.79 Å². The van der Waals surface area contributed by atoms with Crippen molar-refractivity contribution in [2.75, 3.05) is 31.1 Å². The van der Waals surface area contributed by atoms with Gasteiger partial charge in [-0.25, -0.2) is 9.97 Å². The zero-order valence-corrected chi connectivity index (χ0v) is 19.7. The lowest BCUT2D eigenvalue weighted by Crippen LogP contribution is -2.51. The molecule has 32 heavy (non-hydrogen) atoms. The molecule has 1 aliphatic heterocycles. The molecule has 3 aliphatic rings. The first-order valence-electron chi connectivity index (χ1n) is 11.5. The van der Waals surface area contributed by atoms with E-state index in [1.54, 1.807) is 6.33 Å². The Morgan fingerprint density at radius 2 is 1.88 bits per heavy atom. The highest BCUT2D eigenvalue weighted by molar-refractivity contribution is 6.42. The molecule has 0 radical (unpaired) electrons. The number of rotatable bonds is 3. The Morgan fingerprint density at radius 1 is 1.09 bits per heavy atom. The number of benzene rings is 1. The summed E-state index contributed by atoms with van der Waals surface area (Å²) in [6.07, 6.45) is 4.70. The number of carbonyl (C=O) groups is 1. The molecular weight excluding hydrogens is 447 g/mol. The third-order valence-electron chi connectivity index (χ3n) is 7.37. The summed E-state index contributed by atoms with van der Waals surface area (Å²) >= 11 is 12.3. The maximum Gasteiger partial charge on any atom is 0.226 e. The maximum atomic E-state index is 13.5. The van der Waals surface area contributed by atoms with Crippen LogP contribution in [-0.4, -0.2) is 52.1 Å². The van der Waals surface area contributed by atoms with E-state index in [2.05, 4.69) is 21.8 Å². The van der Waals surface area contributed by atoms with Crippen LogP contribution in [0.5, 0.6) is 0 Å². The first-order valence-corrected chi connectivity index (χ1v) is 12.2. The predicted molar refractivity (Wildman–Crippen MR) is 125 cm³/mol. The number of amides is 1. The van der Waals surface area contributed by atoms with E-state index in [0.29, 0.717) is 29.6 Å². The van der Waals surface area contributed by atoms with Crippen LogP contribution in [0.1, 0.15) is 67.4 Å². The lowest BCUT2D eigenvalue weighted by Gasteiger charge is -2.38. The van der Waals surface area contributed by atoms with E-state index >= 15 is 0 Å². The molecule has 1 saturated heterocycles. The Morgan fingerprint density at radius 3 is 2.62 bits per heavy atom. The molecule has 0 bridgehead atoms. The molecule has 0 spiro atoms. The van der Waals surface area contributed by atoms with Gasteiger partial charge in [0.25, 0.3) is 0 Å². The second kappa shape index (κ2) is 8.81. The van der Waals surface area contributed by atoms with Crippen LogP contribution in [0.15, 0.2) is 24.5 Å². The molecule has 2 aliphatic carbocycles. The molecule has 1 aromatic heterocycles. The molecule has 5 rings (SSSR count). The molecule has 2 aromatic rings. The van der Waals surface area contributed by atoms with E-state index in [4.69, 9.17) is 23.2 Å². The van der Waals surface area contributed by atoms with Gasteiger partial charge in [-0.15, -0.1) is 0 Å². The van der Waals surface area contributed by atoms with Crippen molar-refractivity contribution in [2.24, 2.45) is 5.92 Å². The number of hydrogen-bond donors (Lipinski definition) is 1. The van der Waals surface area contributed by atoms with E-state index in [-0.39, 0.29) is 23.7 Å². The standard InChI is InChI=1S/C24H28Cl2N4O2/c1-14-11-20(31)22-21(14)23(28-13-27-22)29-7-9-30(10-8-29)24(32)17-4-2-3-16(17)15-5-6-18(25)19(26)12-15/h5-6,12-14,16-17,20,31H,2-4,7-11H2,1H3/t14-,16?,17-,20-/m1/s1. The van der Waals surface area contributed by atoms with Crippen LogP contribution in [0.25, 0.3) is 0 Å². The molecule has 1 N–H and O–H groups in total. The molecule has 1 aromatic carbocycles. The van der Waals surface area contributed by atoms with Gasteiger partial charge in [-0.2, -0.15) is 0 Å². The minimum atomic E-state index is -0.509. The minimum absolute atomic E-state index is 0.00254. The van der Waals surface area contributed by atoms with Crippen LogP contribution in [0.2, 0.25) is 10.0 Å². The van der Waals surface area contributed by atoms with Gasteiger partial charge in [0.1, 0.15) is 12.1 Å². The summed E-state index contributed by atoms with van der Waals surface area (Å²) in [5.41, 5.74) is 2.93. The predicted octanol–water partition coefficient (Wildman–Crippen LogP) is 4.56. The number of carbonyl (C=O) groups excluding carboxylic acids is 1. The van der Waals surface area contributed by atoms with E-state index in [1.807, 2.05) is 23.1 Å². The second-order valence-electron chi connectivity index (χ2n) is 9.28. The first-order chi connectivity index (χ1) is 15.4. The van der Waals surface area contributed by atoms with E-state index in [1.165, 1.54) is 0 Å². The fourth-order valence-corrected chi connectivity index (χ4v) is 6.03. The number of halogens is 2. The van der Waals surface area contributed by atoms with Crippen molar-refractivity contribution in [3.05, 3.63) is 51.4 Å². The minimum Gasteiger partial charge on any atom is -0.387 e. The Hall–Kier alpha value is -1.89. The Labute approximate surface area is 198 Å². The number of hydrogen-bond acceptors (Lipinski definition) is 5. The summed E-state index contributed by atoms with van der Waals surface area (Å²) in [7, 11) is 0. The largest absolute Gasteiger partial charge is 0.387 e. The summed E-state index contributed by atoms with van der Waals surface area (Å²) in [5, 5.41) is 11.4. The third kappa shape index (κ3) is 3.87. The van der Waals surface area contributed by atoms with Crippen LogP contribution < -0.4 is 4.90 Å². The van der Waals surface area contributed by atoms with Gasteiger partial charge in [0.2, 0.25) is 5.91 Å². The van der Waals surface area contributed by atoms with Crippen molar-refractivity contribution >= 4 is 34.9 Å². The van der Waals surface area contributed by atoms with Gasteiger partial charge < -0.3 is 14.9 Å². The molecule has 1 unspecified atom stereocenters.